The smallest absolute Gasteiger partial charge is 0.429 e. The molecule has 0 aromatic rings. The first-order chi connectivity index (χ1) is 11.6. The molecule has 0 spiro atoms. The fourth-order valence-electron chi connectivity index (χ4n) is 2.39. The Morgan fingerprint density at radius 1 is 1.00 bits per heavy atom. The van der Waals surface area contributed by atoms with E-state index in [0.29, 0.717) is 6.42 Å². The molecule has 24 heavy (non-hydrogen) atoms. The lowest BCUT2D eigenvalue weighted by molar-refractivity contribution is -0.118. The summed E-state index contributed by atoms with van der Waals surface area (Å²) < 4.78 is 0. The van der Waals surface area contributed by atoms with Gasteiger partial charge in [0.15, 0.2) is 0 Å². The van der Waals surface area contributed by atoms with Gasteiger partial charge in [0.25, 0.3) is 0 Å². The first-order valence-corrected chi connectivity index (χ1v) is 9.29. The van der Waals surface area contributed by atoms with Crippen molar-refractivity contribution in [2.24, 2.45) is 5.73 Å². The normalized spacial score (nSPS) is 11.8. The number of carbonyl (C=O) groups excluding carboxylic acids is 1. The molecule has 0 saturated heterocycles. The summed E-state index contributed by atoms with van der Waals surface area (Å²) in [6.45, 7) is 2.21. The highest BCUT2D eigenvalue weighted by Crippen LogP contribution is 2.10. The molecule has 0 aliphatic heterocycles. The van der Waals surface area contributed by atoms with Crippen molar-refractivity contribution >= 4 is 13.6 Å². The van der Waals surface area contributed by atoms with Crippen molar-refractivity contribution in [3.63, 3.8) is 0 Å². The van der Waals surface area contributed by atoms with Crippen molar-refractivity contribution in [3.8, 4) is 0 Å². The minimum Gasteiger partial charge on any atom is -0.429 e. The number of amides is 1. The fraction of sp³-hybridized carbons (Fsp3) is 0.833. The molecule has 0 heterocycles. The third-order valence-electron chi connectivity index (χ3n) is 3.76. The maximum Gasteiger partial charge on any atom is 0.482 e. The van der Waals surface area contributed by atoms with Crippen LogP contribution in [0, 0.1) is 0 Å². The van der Waals surface area contributed by atoms with Crippen molar-refractivity contribution in [1.29, 1.82) is 0 Å². The zero-order chi connectivity index (χ0) is 18.5. The molecule has 1 atom stereocenters. The van der Waals surface area contributed by atoms with E-state index < -0.39 is 0 Å². The average molecular weight is 342 g/mol. The van der Waals surface area contributed by atoms with Crippen LogP contribution in [-0.2, 0) is 4.79 Å². The second kappa shape index (κ2) is 22.2. The zero-order valence-electron chi connectivity index (χ0n) is 15.3. The van der Waals surface area contributed by atoms with Crippen molar-refractivity contribution in [1.82, 2.24) is 0 Å². The van der Waals surface area contributed by atoms with Crippen LogP contribution in [0.1, 0.15) is 90.4 Å². The summed E-state index contributed by atoms with van der Waals surface area (Å²) in [6.07, 6.45) is 18.0. The van der Waals surface area contributed by atoms with E-state index in [-0.39, 0.29) is 19.7 Å². The Labute approximate surface area is 148 Å². The Morgan fingerprint density at radius 3 is 2.21 bits per heavy atom. The number of unbranched alkanes of at least 4 members (excludes halogenated alkanes) is 8. The molecule has 1 radical (unpaired) electrons. The molecule has 1 amide bonds. The van der Waals surface area contributed by atoms with Gasteiger partial charge in [0.1, 0.15) is 0 Å². The number of hydrogen-bond acceptors (Lipinski definition) is 4. The van der Waals surface area contributed by atoms with Gasteiger partial charge in [0.2, 0.25) is 5.91 Å². The van der Waals surface area contributed by atoms with Crippen LogP contribution in [0.3, 0.4) is 0 Å². The van der Waals surface area contributed by atoms with Gasteiger partial charge in [0.05, 0.1) is 6.10 Å². The van der Waals surface area contributed by atoms with Crippen LogP contribution >= 0.6 is 0 Å². The van der Waals surface area contributed by atoms with Gasteiger partial charge in [0, 0.05) is 6.42 Å². The maximum absolute atomic E-state index is 10.6. The van der Waals surface area contributed by atoms with E-state index in [0.717, 1.165) is 38.5 Å². The highest BCUT2D eigenvalue weighted by atomic mass is 16.4. The first-order valence-electron chi connectivity index (χ1n) is 9.29. The van der Waals surface area contributed by atoms with Crippen molar-refractivity contribution in [2.45, 2.75) is 96.5 Å². The van der Waals surface area contributed by atoms with Gasteiger partial charge in [-0.3, -0.25) is 4.79 Å². The molecule has 1 unspecified atom stereocenters. The molecular weight excluding hydrogens is 305 g/mol. The Hall–Kier alpha value is -0.845. The van der Waals surface area contributed by atoms with Gasteiger partial charge in [-0.15, -0.1) is 0 Å². The number of allylic oxidation sites excluding steroid dienone is 1. The van der Waals surface area contributed by atoms with Gasteiger partial charge in [-0.25, -0.2) is 0 Å². The van der Waals surface area contributed by atoms with Gasteiger partial charge in [-0.05, 0) is 32.1 Å². The molecule has 0 bridgehead atoms. The third kappa shape index (κ3) is 26.1. The second-order valence-corrected chi connectivity index (χ2v) is 6.10. The molecule has 0 aliphatic rings. The Kier molecular flexibility index (Phi) is 23.4. The lowest BCUT2D eigenvalue weighted by Crippen LogP contribution is -2.09. The number of aliphatic hydroxyl groups is 1. The summed E-state index contributed by atoms with van der Waals surface area (Å²) in [6, 6.07) is 0. The average Bonchev–Trinajstić information content (AvgIpc) is 2.54. The summed E-state index contributed by atoms with van der Waals surface area (Å²) in [5, 5.41) is 23.8. The van der Waals surface area contributed by atoms with Crippen LogP contribution in [0.4, 0.5) is 0 Å². The summed E-state index contributed by atoms with van der Waals surface area (Å²) in [5.74, 6) is -0.189. The number of nitrogens with two attached hydrogens (primary N) is 1. The van der Waals surface area contributed by atoms with Gasteiger partial charge < -0.3 is 20.9 Å². The molecule has 5 N–H and O–H groups in total. The zero-order valence-corrected chi connectivity index (χ0v) is 15.3. The van der Waals surface area contributed by atoms with Crippen LogP contribution in [0.2, 0.25) is 0 Å². The predicted octanol–water partition coefficient (Wildman–Crippen LogP) is 2.99. The van der Waals surface area contributed by atoms with E-state index in [1.807, 2.05) is 0 Å². The maximum atomic E-state index is 10.6. The minimum atomic E-state index is -0.189. The van der Waals surface area contributed by atoms with Crippen molar-refractivity contribution in [3.05, 3.63) is 12.2 Å². The highest BCUT2D eigenvalue weighted by Gasteiger charge is 2.00. The summed E-state index contributed by atoms with van der Waals surface area (Å²) in [5.41, 5.74) is 5.09. The lowest BCUT2D eigenvalue weighted by Gasteiger charge is -2.07. The summed E-state index contributed by atoms with van der Waals surface area (Å²) in [4.78, 5) is 10.6. The molecule has 0 aliphatic carbocycles. The number of aliphatic hydroxyl groups excluding tert-OH is 1. The monoisotopic (exact) mass is 342 g/mol. The largest absolute Gasteiger partial charge is 0.482 e. The molecule has 0 aromatic carbocycles. The van der Waals surface area contributed by atoms with Crippen molar-refractivity contribution < 1.29 is 19.9 Å². The van der Waals surface area contributed by atoms with Crippen LogP contribution in [0.25, 0.3) is 0 Å². The number of rotatable bonds is 15. The van der Waals surface area contributed by atoms with Crippen LogP contribution in [0.5, 0.6) is 0 Å². The second-order valence-electron chi connectivity index (χ2n) is 6.10. The lowest BCUT2D eigenvalue weighted by atomic mass is 10.1. The number of carbonyl (C=O) groups is 1. The third-order valence-corrected chi connectivity index (χ3v) is 3.76. The van der Waals surface area contributed by atoms with E-state index in [1.54, 1.807) is 0 Å². The molecule has 0 aromatic heterocycles. The summed E-state index contributed by atoms with van der Waals surface area (Å²) in [7, 11) is 0. The molecule has 6 heteroatoms. The minimum absolute atomic E-state index is 0. The fourth-order valence-corrected chi connectivity index (χ4v) is 2.39. The number of hydrogen-bond donors (Lipinski definition) is 4. The Morgan fingerprint density at radius 2 is 1.58 bits per heavy atom. The standard InChI is InChI=1S/C18H35NO2.BH2O2/c1-2-3-4-11-14-17(20)15-12-9-7-5-6-8-10-13-16-18(19)21;2-1-3/h9,12,17,20H,2-8,10-11,13-16H2,1H3,(H2,19,21);2-3H/b12-9-;. The van der Waals surface area contributed by atoms with E-state index in [9.17, 15) is 9.90 Å². The number of primary amides is 1. The van der Waals surface area contributed by atoms with E-state index in [4.69, 9.17) is 15.8 Å². The SMILES string of the molecule is CCCCCCC(O)C/C=C\CCCCCCCC(N)=O.O[B]O. The van der Waals surface area contributed by atoms with E-state index in [2.05, 4.69) is 19.1 Å². The van der Waals surface area contributed by atoms with Crippen LogP contribution in [0.15, 0.2) is 12.2 Å². The van der Waals surface area contributed by atoms with Gasteiger partial charge >= 0.3 is 7.69 Å². The van der Waals surface area contributed by atoms with Crippen LogP contribution in [-0.4, -0.2) is 34.9 Å². The van der Waals surface area contributed by atoms with Gasteiger partial charge in [-0.2, -0.15) is 0 Å². The Bertz CT molecular complexity index is 288. The molecular formula is C18H37BNO4. The molecule has 5 nitrogen and oxygen atoms in total. The molecule has 0 rings (SSSR count). The molecule has 141 valence electrons. The van der Waals surface area contributed by atoms with Gasteiger partial charge in [-0.1, -0.05) is 64.0 Å². The Balaban J connectivity index is 0. The molecule has 0 fully saturated rings. The molecule has 0 saturated carbocycles. The van der Waals surface area contributed by atoms with Crippen LogP contribution < -0.4 is 5.73 Å². The highest BCUT2D eigenvalue weighted by molar-refractivity contribution is 6.13. The quantitative estimate of drug-likeness (QED) is 0.209. The van der Waals surface area contributed by atoms with E-state index in [1.165, 1.54) is 38.5 Å². The topological polar surface area (TPSA) is 104 Å². The van der Waals surface area contributed by atoms with Crippen molar-refractivity contribution in [2.75, 3.05) is 0 Å². The first kappa shape index (κ1) is 25.4. The summed E-state index contributed by atoms with van der Waals surface area (Å²) >= 11 is 0. The predicted molar refractivity (Wildman–Crippen MR) is 100 cm³/mol. The van der Waals surface area contributed by atoms with E-state index >= 15 is 0 Å².